The Labute approximate surface area is 129 Å². The SMILES string of the molecule is CC(NCCNC(=O)OC(C)(C)C)c1ccc(Br)cc1. The van der Waals surface area contributed by atoms with Crippen molar-refractivity contribution in [1.29, 1.82) is 0 Å². The Balaban J connectivity index is 2.24. The van der Waals surface area contributed by atoms with Crippen molar-refractivity contribution >= 4 is 22.0 Å². The summed E-state index contributed by atoms with van der Waals surface area (Å²) in [5.74, 6) is 0. The maximum atomic E-state index is 11.4. The highest BCUT2D eigenvalue weighted by Gasteiger charge is 2.15. The van der Waals surface area contributed by atoms with Gasteiger partial charge in [-0.25, -0.2) is 4.79 Å². The number of rotatable bonds is 5. The molecule has 0 saturated heterocycles. The summed E-state index contributed by atoms with van der Waals surface area (Å²) in [5.41, 5.74) is 0.757. The Bertz CT molecular complexity index is 426. The molecule has 0 bridgehead atoms. The Morgan fingerprint density at radius 2 is 1.85 bits per heavy atom. The van der Waals surface area contributed by atoms with E-state index in [9.17, 15) is 4.79 Å². The van der Waals surface area contributed by atoms with E-state index in [0.29, 0.717) is 13.1 Å². The summed E-state index contributed by atoms with van der Waals surface area (Å²) in [6, 6.07) is 8.42. The Hall–Kier alpha value is -1.07. The molecule has 2 N–H and O–H groups in total. The van der Waals surface area contributed by atoms with E-state index < -0.39 is 5.60 Å². The van der Waals surface area contributed by atoms with Gasteiger partial charge in [0.2, 0.25) is 0 Å². The summed E-state index contributed by atoms with van der Waals surface area (Å²) in [7, 11) is 0. The second-order valence-electron chi connectivity index (χ2n) is 5.66. The van der Waals surface area contributed by atoms with E-state index in [1.165, 1.54) is 5.56 Å². The molecule has 0 radical (unpaired) electrons. The van der Waals surface area contributed by atoms with Crippen molar-refractivity contribution in [1.82, 2.24) is 10.6 Å². The maximum Gasteiger partial charge on any atom is 0.407 e. The number of hydrogen-bond donors (Lipinski definition) is 2. The predicted octanol–water partition coefficient (Wildman–Crippen LogP) is 3.62. The van der Waals surface area contributed by atoms with Gasteiger partial charge in [-0.1, -0.05) is 28.1 Å². The largest absolute Gasteiger partial charge is 0.444 e. The van der Waals surface area contributed by atoms with Crippen LogP contribution in [0.5, 0.6) is 0 Å². The van der Waals surface area contributed by atoms with Gasteiger partial charge >= 0.3 is 6.09 Å². The molecule has 0 aliphatic heterocycles. The van der Waals surface area contributed by atoms with Gasteiger partial charge in [0.1, 0.15) is 5.60 Å². The minimum atomic E-state index is -0.456. The average Bonchev–Trinajstić information content (AvgIpc) is 2.33. The molecule has 0 spiro atoms. The number of alkyl carbamates (subject to hydrolysis) is 1. The first-order valence-corrected chi connectivity index (χ1v) is 7.53. The molecule has 0 aromatic heterocycles. The molecule has 4 nitrogen and oxygen atoms in total. The third-order valence-corrected chi connectivity index (χ3v) is 3.14. The summed E-state index contributed by atoms with van der Waals surface area (Å²) < 4.78 is 6.23. The summed E-state index contributed by atoms with van der Waals surface area (Å²) >= 11 is 3.42. The highest BCUT2D eigenvalue weighted by molar-refractivity contribution is 9.10. The van der Waals surface area contributed by atoms with Crippen LogP contribution in [0.3, 0.4) is 0 Å². The highest BCUT2D eigenvalue weighted by Crippen LogP contribution is 2.16. The zero-order valence-corrected chi connectivity index (χ0v) is 14.1. The molecule has 0 saturated carbocycles. The van der Waals surface area contributed by atoms with Crippen LogP contribution in [0.25, 0.3) is 0 Å². The van der Waals surface area contributed by atoms with Gasteiger partial charge in [-0.05, 0) is 45.4 Å². The molecule has 0 heterocycles. The molecule has 1 atom stereocenters. The number of benzene rings is 1. The molecule has 0 aliphatic carbocycles. The normalized spacial score (nSPS) is 12.8. The zero-order chi connectivity index (χ0) is 15.2. The van der Waals surface area contributed by atoms with Gasteiger partial charge in [0.05, 0.1) is 0 Å². The van der Waals surface area contributed by atoms with Crippen molar-refractivity contribution in [2.75, 3.05) is 13.1 Å². The number of nitrogens with one attached hydrogen (secondary N) is 2. The second-order valence-corrected chi connectivity index (χ2v) is 6.57. The first kappa shape index (κ1) is 17.0. The van der Waals surface area contributed by atoms with Crippen LogP contribution in [-0.4, -0.2) is 24.8 Å². The van der Waals surface area contributed by atoms with Crippen LogP contribution < -0.4 is 10.6 Å². The van der Waals surface area contributed by atoms with Gasteiger partial charge in [0, 0.05) is 23.6 Å². The lowest BCUT2D eigenvalue weighted by molar-refractivity contribution is 0.0528. The van der Waals surface area contributed by atoms with Gasteiger partial charge in [0.15, 0.2) is 0 Å². The van der Waals surface area contributed by atoms with Crippen LogP contribution in [-0.2, 0) is 4.74 Å². The fraction of sp³-hybridized carbons (Fsp3) is 0.533. The van der Waals surface area contributed by atoms with Crippen LogP contribution in [0.15, 0.2) is 28.7 Å². The Morgan fingerprint density at radius 3 is 2.40 bits per heavy atom. The molecule has 0 fully saturated rings. The van der Waals surface area contributed by atoms with Crippen molar-refractivity contribution in [2.24, 2.45) is 0 Å². The number of carbonyl (C=O) groups excluding carboxylic acids is 1. The van der Waals surface area contributed by atoms with Gasteiger partial charge in [0.25, 0.3) is 0 Å². The number of ether oxygens (including phenoxy) is 1. The van der Waals surface area contributed by atoms with Crippen LogP contribution in [0.2, 0.25) is 0 Å². The molecule has 1 aromatic rings. The van der Waals surface area contributed by atoms with Gasteiger partial charge in [-0.15, -0.1) is 0 Å². The lowest BCUT2D eigenvalue weighted by atomic mass is 10.1. The smallest absolute Gasteiger partial charge is 0.407 e. The van der Waals surface area contributed by atoms with Gasteiger partial charge < -0.3 is 15.4 Å². The molecule has 112 valence electrons. The molecular formula is C15H23BrN2O2. The Kier molecular flexibility index (Phi) is 6.49. The Morgan fingerprint density at radius 1 is 1.25 bits per heavy atom. The van der Waals surface area contributed by atoms with Crippen molar-refractivity contribution in [2.45, 2.75) is 39.3 Å². The standard InChI is InChI=1S/C15H23BrN2O2/c1-11(12-5-7-13(16)8-6-12)17-9-10-18-14(19)20-15(2,3)4/h5-8,11,17H,9-10H2,1-4H3,(H,18,19). The number of amides is 1. The van der Waals surface area contributed by atoms with Crippen molar-refractivity contribution < 1.29 is 9.53 Å². The minimum absolute atomic E-state index is 0.239. The van der Waals surface area contributed by atoms with Crippen molar-refractivity contribution in [3.63, 3.8) is 0 Å². The summed E-state index contributed by atoms with van der Waals surface area (Å²) in [4.78, 5) is 11.4. The van der Waals surface area contributed by atoms with Gasteiger partial charge in [-0.3, -0.25) is 0 Å². The van der Waals surface area contributed by atoms with Crippen LogP contribution in [0, 0.1) is 0 Å². The van der Waals surface area contributed by atoms with Crippen molar-refractivity contribution in [3.8, 4) is 0 Å². The lowest BCUT2D eigenvalue weighted by Gasteiger charge is -2.20. The van der Waals surface area contributed by atoms with Crippen LogP contribution in [0.1, 0.15) is 39.3 Å². The third kappa shape index (κ3) is 6.91. The fourth-order valence-electron chi connectivity index (χ4n) is 1.64. The first-order valence-electron chi connectivity index (χ1n) is 6.73. The summed E-state index contributed by atoms with van der Waals surface area (Å²) in [6.45, 7) is 8.87. The highest BCUT2D eigenvalue weighted by atomic mass is 79.9. The van der Waals surface area contributed by atoms with Gasteiger partial charge in [-0.2, -0.15) is 0 Å². The summed E-state index contributed by atoms with van der Waals surface area (Å²) in [6.07, 6.45) is -0.379. The van der Waals surface area contributed by atoms with E-state index in [1.54, 1.807) is 0 Å². The lowest BCUT2D eigenvalue weighted by Crippen LogP contribution is -2.36. The molecule has 1 unspecified atom stereocenters. The van der Waals surface area contributed by atoms with E-state index in [-0.39, 0.29) is 12.1 Å². The predicted molar refractivity (Wildman–Crippen MR) is 84.8 cm³/mol. The molecule has 1 aromatic carbocycles. The first-order chi connectivity index (χ1) is 9.28. The summed E-state index contributed by atoms with van der Waals surface area (Å²) in [5, 5.41) is 6.07. The molecule has 1 rings (SSSR count). The monoisotopic (exact) mass is 342 g/mol. The molecule has 1 amide bonds. The fourth-order valence-corrected chi connectivity index (χ4v) is 1.90. The van der Waals surface area contributed by atoms with Crippen LogP contribution >= 0.6 is 15.9 Å². The quantitative estimate of drug-likeness (QED) is 0.803. The number of halogens is 1. The zero-order valence-electron chi connectivity index (χ0n) is 12.5. The van der Waals surface area contributed by atoms with E-state index in [2.05, 4.69) is 45.6 Å². The molecular weight excluding hydrogens is 320 g/mol. The maximum absolute atomic E-state index is 11.4. The average molecular weight is 343 g/mol. The third-order valence-electron chi connectivity index (χ3n) is 2.61. The van der Waals surface area contributed by atoms with Crippen molar-refractivity contribution in [3.05, 3.63) is 34.3 Å². The van der Waals surface area contributed by atoms with E-state index in [0.717, 1.165) is 4.47 Å². The van der Waals surface area contributed by atoms with E-state index in [1.807, 2.05) is 32.9 Å². The second kappa shape index (κ2) is 7.64. The molecule has 20 heavy (non-hydrogen) atoms. The van der Waals surface area contributed by atoms with Crippen LogP contribution in [0.4, 0.5) is 4.79 Å². The number of hydrogen-bond acceptors (Lipinski definition) is 3. The van der Waals surface area contributed by atoms with E-state index in [4.69, 9.17) is 4.74 Å². The number of carbonyl (C=O) groups is 1. The molecule has 5 heteroatoms. The minimum Gasteiger partial charge on any atom is -0.444 e. The van der Waals surface area contributed by atoms with E-state index >= 15 is 0 Å². The topological polar surface area (TPSA) is 50.4 Å². The molecule has 0 aliphatic rings.